The summed E-state index contributed by atoms with van der Waals surface area (Å²) in [7, 11) is 0. The summed E-state index contributed by atoms with van der Waals surface area (Å²) < 4.78 is 13.4. The van der Waals surface area contributed by atoms with Gasteiger partial charge in [-0.1, -0.05) is 6.07 Å². The van der Waals surface area contributed by atoms with Crippen LogP contribution in [0.5, 0.6) is 0 Å². The van der Waals surface area contributed by atoms with Crippen molar-refractivity contribution in [1.82, 2.24) is 4.90 Å². The standard InChI is InChI=1S/C16H21FN2O3/c1-10-13(17)4-3-5-14(10)18-15(21)16(22)19-8-6-12(7-9-19)11(2)20/h3-5,11-12,20H,6-9H2,1-2H3,(H,18,21). The zero-order chi connectivity index (χ0) is 16.3. The first-order chi connectivity index (χ1) is 10.4. The number of likely N-dealkylation sites (tertiary alicyclic amines) is 1. The summed E-state index contributed by atoms with van der Waals surface area (Å²) in [5.74, 6) is -1.64. The van der Waals surface area contributed by atoms with Gasteiger partial charge in [0.2, 0.25) is 0 Å². The SMILES string of the molecule is Cc1c(F)cccc1NC(=O)C(=O)N1CCC(C(C)O)CC1. The number of piperidine rings is 1. The minimum atomic E-state index is -0.760. The predicted octanol–water partition coefficient (Wildman–Crippen LogP) is 1.69. The van der Waals surface area contributed by atoms with Crippen LogP contribution >= 0.6 is 0 Å². The van der Waals surface area contributed by atoms with Crippen LogP contribution in [0.25, 0.3) is 0 Å². The average Bonchev–Trinajstić information content (AvgIpc) is 2.51. The first kappa shape index (κ1) is 16.4. The van der Waals surface area contributed by atoms with Crippen LogP contribution in [0.15, 0.2) is 18.2 Å². The van der Waals surface area contributed by atoms with Crippen molar-refractivity contribution in [2.45, 2.75) is 32.8 Å². The van der Waals surface area contributed by atoms with Crippen LogP contribution in [0.3, 0.4) is 0 Å². The lowest BCUT2D eigenvalue weighted by Gasteiger charge is -2.32. The Bertz CT molecular complexity index is 567. The normalized spacial score (nSPS) is 17.2. The highest BCUT2D eigenvalue weighted by Gasteiger charge is 2.29. The molecule has 0 bridgehead atoms. The van der Waals surface area contributed by atoms with Gasteiger partial charge in [-0.2, -0.15) is 0 Å². The molecule has 1 atom stereocenters. The molecule has 1 unspecified atom stereocenters. The van der Waals surface area contributed by atoms with Crippen molar-refractivity contribution >= 4 is 17.5 Å². The van der Waals surface area contributed by atoms with Gasteiger partial charge in [0.25, 0.3) is 0 Å². The lowest BCUT2D eigenvalue weighted by atomic mass is 9.92. The van der Waals surface area contributed by atoms with Gasteiger partial charge < -0.3 is 15.3 Å². The molecule has 1 fully saturated rings. The van der Waals surface area contributed by atoms with E-state index in [1.165, 1.54) is 17.0 Å². The van der Waals surface area contributed by atoms with E-state index in [9.17, 15) is 19.1 Å². The lowest BCUT2D eigenvalue weighted by molar-refractivity contribution is -0.144. The number of hydrogen-bond acceptors (Lipinski definition) is 3. The number of benzene rings is 1. The monoisotopic (exact) mass is 308 g/mol. The zero-order valence-electron chi connectivity index (χ0n) is 12.8. The Labute approximate surface area is 129 Å². The highest BCUT2D eigenvalue weighted by molar-refractivity contribution is 6.39. The van der Waals surface area contributed by atoms with Crippen LogP contribution in [-0.2, 0) is 9.59 Å². The number of anilines is 1. The third-order valence-corrected chi connectivity index (χ3v) is 4.22. The number of aliphatic hydroxyl groups is 1. The number of halogens is 1. The second kappa shape index (κ2) is 6.87. The Hall–Kier alpha value is -1.95. The van der Waals surface area contributed by atoms with Gasteiger partial charge in [-0.3, -0.25) is 9.59 Å². The molecular weight excluding hydrogens is 287 g/mol. The molecule has 0 radical (unpaired) electrons. The maximum atomic E-state index is 13.4. The van der Waals surface area contributed by atoms with Gasteiger partial charge >= 0.3 is 11.8 Å². The van der Waals surface area contributed by atoms with E-state index in [-0.39, 0.29) is 5.92 Å². The van der Waals surface area contributed by atoms with E-state index in [4.69, 9.17) is 0 Å². The quantitative estimate of drug-likeness (QED) is 0.817. The number of aliphatic hydroxyl groups excluding tert-OH is 1. The van der Waals surface area contributed by atoms with Crippen molar-refractivity contribution in [2.75, 3.05) is 18.4 Å². The summed E-state index contributed by atoms with van der Waals surface area (Å²) >= 11 is 0. The molecule has 120 valence electrons. The van der Waals surface area contributed by atoms with Crippen LogP contribution < -0.4 is 5.32 Å². The third kappa shape index (κ3) is 3.62. The second-order valence-corrected chi connectivity index (χ2v) is 5.74. The second-order valence-electron chi connectivity index (χ2n) is 5.74. The number of amides is 2. The first-order valence-electron chi connectivity index (χ1n) is 7.43. The number of carbonyl (C=O) groups is 2. The number of rotatable bonds is 2. The molecule has 22 heavy (non-hydrogen) atoms. The van der Waals surface area contributed by atoms with Crippen LogP contribution in [-0.4, -0.2) is 41.0 Å². The van der Waals surface area contributed by atoms with Crippen LogP contribution in [0, 0.1) is 18.7 Å². The first-order valence-corrected chi connectivity index (χ1v) is 7.43. The van der Waals surface area contributed by atoms with E-state index < -0.39 is 23.7 Å². The molecule has 0 spiro atoms. The minimum Gasteiger partial charge on any atom is -0.393 e. The Morgan fingerprint density at radius 2 is 2.00 bits per heavy atom. The largest absolute Gasteiger partial charge is 0.393 e. The van der Waals surface area contributed by atoms with E-state index in [0.29, 0.717) is 37.2 Å². The van der Waals surface area contributed by atoms with Crippen molar-refractivity contribution in [1.29, 1.82) is 0 Å². The summed E-state index contributed by atoms with van der Waals surface area (Å²) in [5.41, 5.74) is 0.605. The molecule has 1 aromatic carbocycles. The minimum absolute atomic E-state index is 0.164. The molecule has 2 amide bonds. The highest BCUT2D eigenvalue weighted by atomic mass is 19.1. The molecule has 1 aliphatic rings. The summed E-state index contributed by atoms with van der Waals surface area (Å²) in [6.45, 7) is 4.18. The van der Waals surface area contributed by atoms with Gasteiger partial charge in [0.15, 0.2) is 0 Å². The third-order valence-electron chi connectivity index (χ3n) is 4.22. The highest BCUT2D eigenvalue weighted by Crippen LogP contribution is 2.21. The van der Waals surface area contributed by atoms with E-state index in [2.05, 4.69) is 5.32 Å². The van der Waals surface area contributed by atoms with Crippen molar-refractivity contribution in [3.8, 4) is 0 Å². The number of carbonyl (C=O) groups excluding carboxylic acids is 2. The summed E-state index contributed by atoms with van der Waals surface area (Å²) in [6, 6.07) is 4.34. The Morgan fingerprint density at radius 3 is 2.59 bits per heavy atom. The van der Waals surface area contributed by atoms with Gasteiger partial charge in [-0.25, -0.2) is 4.39 Å². The van der Waals surface area contributed by atoms with E-state index in [0.717, 1.165) is 0 Å². The van der Waals surface area contributed by atoms with Gasteiger partial charge in [0, 0.05) is 24.3 Å². The molecule has 0 saturated carbocycles. The van der Waals surface area contributed by atoms with E-state index in [1.54, 1.807) is 19.9 Å². The molecule has 0 aromatic heterocycles. The molecular formula is C16H21FN2O3. The van der Waals surface area contributed by atoms with E-state index >= 15 is 0 Å². The lowest BCUT2D eigenvalue weighted by Crippen LogP contribution is -2.45. The van der Waals surface area contributed by atoms with E-state index in [1.807, 2.05) is 0 Å². The fraction of sp³-hybridized carbons (Fsp3) is 0.500. The van der Waals surface area contributed by atoms with Crippen LogP contribution in [0.4, 0.5) is 10.1 Å². The van der Waals surface area contributed by atoms with Crippen LogP contribution in [0.2, 0.25) is 0 Å². The molecule has 1 saturated heterocycles. The summed E-state index contributed by atoms with van der Waals surface area (Å²) in [5, 5.41) is 12.0. The fourth-order valence-corrected chi connectivity index (χ4v) is 2.65. The van der Waals surface area contributed by atoms with Gasteiger partial charge in [-0.15, -0.1) is 0 Å². The van der Waals surface area contributed by atoms with Crippen molar-refractivity contribution in [2.24, 2.45) is 5.92 Å². The number of hydrogen-bond donors (Lipinski definition) is 2. The van der Waals surface area contributed by atoms with Gasteiger partial charge in [0.05, 0.1) is 6.10 Å². The molecule has 5 nitrogen and oxygen atoms in total. The maximum absolute atomic E-state index is 13.4. The summed E-state index contributed by atoms with van der Waals surface area (Å²) in [6.07, 6.45) is 0.951. The molecule has 0 aliphatic carbocycles. The Morgan fingerprint density at radius 1 is 1.36 bits per heavy atom. The van der Waals surface area contributed by atoms with Crippen molar-refractivity contribution in [3.63, 3.8) is 0 Å². The molecule has 6 heteroatoms. The molecule has 1 aromatic rings. The summed E-state index contributed by atoms with van der Waals surface area (Å²) in [4.78, 5) is 25.6. The average molecular weight is 308 g/mol. The zero-order valence-corrected chi connectivity index (χ0v) is 12.8. The topological polar surface area (TPSA) is 69.6 Å². The van der Waals surface area contributed by atoms with Gasteiger partial charge in [0.1, 0.15) is 5.82 Å². The van der Waals surface area contributed by atoms with Crippen molar-refractivity contribution < 1.29 is 19.1 Å². The molecule has 2 N–H and O–H groups in total. The van der Waals surface area contributed by atoms with Gasteiger partial charge in [-0.05, 0) is 44.7 Å². The predicted molar refractivity (Wildman–Crippen MR) is 80.8 cm³/mol. The van der Waals surface area contributed by atoms with Crippen molar-refractivity contribution in [3.05, 3.63) is 29.6 Å². The Balaban J connectivity index is 1.96. The van der Waals surface area contributed by atoms with Crippen LogP contribution in [0.1, 0.15) is 25.3 Å². The molecule has 1 heterocycles. The molecule has 1 aliphatic heterocycles. The number of nitrogens with one attached hydrogen (secondary N) is 1. The molecule has 2 rings (SSSR count). The smallest absolute Gasteiger partial charge is 0.313 e. The Kier molecular flexibility index (Phi) is 5.13. The fourth-order valence-electron chi connectivity index (χ4n) is 2.65. The maximum Gasteiger partial charge on any atom is 0.313 e. The number of nitrogens with zero attached hydrogens (tertiary/aromatic N) is 1.